The van der Waals surface area contributed by atoms with Crippen molar-refractivity contribution in [2.75, 3.05) is 19.8 Å². The fourth-order valence-corrected chi connectivity index (χ4v) is 5.68. The molecule has 1 aliphatic heterocycles. The standard InChI is InChI=1S/C31H36BNO5/c1-4-35-30(34)15-21-18-37-28-16-29(33-17-26(21)28)38-27-10-9-23-24(27)7-5-8-25(23)31-19(2)13-22(14-20(31)3)36-12-6-11-32/h5,7-8,13-14,16-17,21,27H,4,6,9-12,15,18,32H2,1-3H3/t21-,27?/m1/s1. The summed E-state index contributed by atoms with van der Waals surface area (Å²) in [6, 6.07) is 12.7. The maximum absolute atomic E-state index is 11.9. The van der Waals surface area contributed by atoms with Crippen molar-refractivity contribution in [1.29, 1.82) is 0 Å². The van der Waals surface area contributed by atoms with Crippen LogP contribution in [0.5, 0.6) is 17.4 Å². The summed E-state index contributed by atoms with van der Waals surface area (Å²) in [6.45, 7) is 7.74. The van der Waals surface area contributed by atoms with Crippen LogP contribution in [0, 0.1) is 13.8 Å². The van der Waals surface area contributed by atoms with Crippen molar-refractivity contribution >= 4 is 13.8 Å². The minimum Gasteiger partial charge on any atom is -0.494 e. The molecule has 7 heteroatoms. The minimum atomic E-state index is -0.211. The van der Waals surface area contributed by atoms with Crippen LogP contribution in [0.1, 0.15) is 66.0 Å². The second kappa shape index (κ2) is 11.5. The molecule has 1 aromatic heterocycles. The summed E-state index contributed by atoms with van der Waals surface area (Å²) in [7, 11) is 2.17. The highest BCUT2D eigenvalue weighted by molar-refractivity contribution is 6.08. The summed E-state index contributed by atoms with van der Waals surface area (Å²) in [4.78, 5) is 16.5. The van der Waals surface area contributed by atoms with Gasteiger partial charge in [0.15, 0.2) is 0 Å². The fraction of sp³-hybridized carbons (Fsp3) is 0.419. The van der Waals surface area contributed by atoms with Crippen molar-refractivity contribution in [3.05, 3.63) is 70.4 Å². The fourth-order valence-electron chi connectivity index (χ4n) is 5.68. The summed E-state index contributed by atoms with van der Waals surface area (Å²) in [5.41, 5.74) is 8.50. The zero-order chi connectivity index (χ0) is 26.6. The Morgan fingerprint density at radius 3 is 2.74 bits per heavy atom. The first kappa shape index (κ1) is 26.1. The van der Waals surface area contributed by atoms with Crippen molar-refractivity contribution in [2.45, 2.75) is 64.8 Å². The molecule has 198 valence electrons. The van der Waals surface area contributed by atoms with Gasteiger partial charge >= 0.3 is 5.97 Å². The first-order chi connectivity index (χ1) is 18.5. The average Bonchev–Trinajstić information content (AvgIpc) is 3.48. The van der Waals surface area contributed by atoms with E-state index in [9.17, 15) is 4.79 Å². The average molecular weight is 513 g/mol. The highest BCUT2D eigenvalue weighted by Gasteiger charge is 2.31. The Morgan fingerprint density at radius 2 is 1.97 bits per heavy atom. The van der Waals surface area contributed by atoms with Crippen molar-refractivity contribution in [2.24, 2.45) is 0 Å². The Balaban J connectivity index is 1.34. The Morgan fingerprint density at radius 1 is 1.16 bits per heavy atom. The molecule has 2 aromatic carbocycles. The van der Waals surface area contributed by atoms with Gasteiger partial charge in [-0.05, 0) is 85.5 Å². The van der Waals surface area contributed by atoms with E-state index in [1.165, 1.54) is 33.4 Å². The number of pyridine rings is 1. The van der Waals surface area contributed by atoms with E-state index >= 15 is 0 Å². The van der Waals surface area contributed by atoms with Crippen LogP contribution in [0.25, 0.3) is 11.1 Å². The molecule has 0 saturated carbocycles. The van der Waals surface area contributed by atoms with Crippen LogP contribution in [-0.4, -0.2) is 38.6 Å². The smallest absolute Gasteiger partial charge is 0.306 e. The van der Waals surface area contributed by atoms with E-state index in [4.69, 9.17) is 18.9 Å². The van der Waals surface area contributed by atoms with Crippen LogP contribution in [0.3, 0.4) is 0 Å². The second-order valence-electron chi connectivity index (χ2n) is 10.2. The number of carbonyl (C=O) groups excluding carboxylic acids is 1. The molecule has 0 radical (unpaired) electrons. The number of aryl methyl sites for hydroxylation is 2. The molecular formula is C31H36BNO5. The van der Waals surface area contributed by atoms with Crippen molar-refractivity contribution < 1.29 is 23.7 Å². The lowest BCUT2D eigenvalue weighted by molar-refractivity contribution is -0.143. The van der Waals surface area contributed by atoms with Gasteiger partial charge in [0, 0.05) is 23.7 Å². The van der Waals surface area contributed by atoms with E-state index in [-0.39, 0.29) is 18.0 Å². The molecule has 6 nitrogen and oxygen atoms in total. The van der Waals surface area contributed by atoms with Crippen molar-refractivity contribution in [1.82, 2.24) is 4.98 Å². The number of carbonyl (C=O) groups is 1. The van der Waals surface area contributed by atoms with E-state index in [1.54, 1.807) is 6.20 Å². The number of aromatic nitrogens is 1. The lowest BCUT2D eigenvalue weighted by Gasteiger charge is -2.18. The van der Waals surface area contributed by atoms with Gasteiger partial charge in [-0.3, -0.25) is 4.79 Å². The zero-order valence-corrected chi connectivity index (χ0v) is 22.8. The third-order valence-electron chi connectivity index (χ3n) is 7.49. The first-order valence-electron chi connectivity index (χ1n) is 13.8. The molecule has 1 aliphatic carbocycles. The van der Waals surface area contributed by atoms with Gasteiger partial charge in [0.05, 0.1) is 26.2 Å². The van der Waals surface area contributed by atoms with Crippen LogP contribution in [-0.2, 0) is 16.0 Å². The van der Waals surface area contributed by atoms with E-state index in [0.717, 1.165) is 49.3 Å². The molecular weight excluding hydrogens is 477 g/mol. The topological polar surface area (TPSA) is 66.9 Å². The maximum Gasteiger partial charge on any atom is 0.306 e. The summed E-state index contributed by atoms with van der Waals surface area (Å²) in [5.74, 6) is 1.99. The number of rotatable bonds is 10. The molecule has 0 amide bonds. The van der Waals surface area contributed by atoms with Gasteiger partial charge in [-0.15, -0.1) is 0 Å². The summed E-state index contributed by atoms with van der Waals surface area (Å²) in [6.07, 6.45) is 6.05. The minimum absolute atomic E-state index is 0.0322. The molecule has 3 aromatic rings. The molecule has 5 rings (SSSR count). The Hall–Kier alpha value is -3.48. The van der Waals surface area contributed by atoms with Gasteiger partial charge in [0.25, 0.3) is 0 Å². The van der Waals surface area contributed by atoms with E-state index in [0.29, 0.717) is 25.5 Å². The lowest BCUT2D eigenvalue weighted by Crippen LogP contribution is -2.11. The van der Waals surface area contributed by atoms with Gasteiger partial charge < -0.3 is 18.9 Å². The SMILES string of the molecule is BCCCOc1cc(C)c(-c2cccc3c2CCC3Oc2cc3c(cn2)[C@H](CC(=O)OCC)CO3)c(C)c1. The molecule has 2 heterocycles. The van der Waals surface area contributed by atoms with E-state index < -0.39 is 0 Å². The van der Waals surface area contributed by atoms with Gasteiger partial charge in [-0.2, -0.15) is 0 Å². The zero-order valence-electron chi connectivity index (χ0n) is 22.8. The van der Waals surface area contributed by atoms with E-state index in [2.05, 4.69) is 57.0 Å². The third-order valence-corrected chi connectivity index (χ3v) is 7.49. The van der Waals surface area contributed by atoms with Crippen LogP contribution >= 0.6 is 0 Å². The highest BCUT2D eigenvalue weighted by Crippen LogP contribution is 2.43. The predicted molar refractivity (Wildman–Crippen MR) is 150 cm³/mol. The van der Waals surface area contributed by atoms with Crippen LogP contribution in [0.4, 0.5) is 0 Å². The number of hydrogen-bond acceptors (Lipinski definition) is 6. The highest BCUT2D eigenvalue weighted by atomic mass is 16.5. The molecule has 38 heavy (non-hydrogen) atoms. The second-order valence-corrected chi connectivity index (χ2v) is 10.2. The maximum atomic E-state index is 11.9. The molecule has 0 fully saturated rings. The molecule has 2 atom stereocenters. The number of hydrogen-bond donors (Lipinski definition) is 0. The number of fused-ring (bicyclic) bond motifs is 2. The quantitative estimate of drug-likeness (QED) is 0.197. The molecule has 0 saturated heterocycles. The molecule has 0 spiro atoms. The predicted octanol–water partition coefficient (Wildman–Crippen LogP) is 5.68. The van der Waals surface area contributed by atoms with E-state index in [1.807, 2.05) is 13.0 Å². The summed E-state index contributed by atoms with van der Waals surface area (Å²) in [5, 5.41) is 0. The normalized spacial score (nSPS) is 17.4. The van der Waals surface area contributed by atoms with Crippen molar-refractivity contribution in [3.63, 3.8) is 0 Å². The van der Waals surface area contributed by atoms with Gasteiger partial charge in [-0.1, -0.05) is 24.5 Å². The van der Waals surface area contributed by atoms with Crippen molar-refractivity contribution in [3.8, 4) is 28.5 Å². The van der Waals surface area contributed by atoms with Crippen LogP contribution in [0.2, 0.25) is 6.32 Å². The Bertz CT molecular complexity index is 1300. The van der Waals surface area contributed by atoms with Crippen LogP contribution in [0.15, 0.2) is 42.6 Å². The third kappa shape index (κ3) is 5.38. The Labute approximate surface area is 226 Å². The summed E-state index contributed by atoms with van der Waals surface area (Å²) >= 11 is 0. The molecule has 2 aliphatic rings. The number of ether oxygens (including phenoxy) is 4. The Kier molecular flexibility index (Phi) is 7.91. The molecule has 1 unspecified atom stereocenters. The summed E-state index contributed by atoms with van der Waals surface area (Å²) < 4.78 is 23.4. The first-order valence-corrected chi connectivity index (χ1v) is 13.8. The van der Waals surface area contributed by atoms with Gasteiger partial charge in [0.2, 0.25) is 5.88 Å². The monoisotopic (exact) mass is 513 g/mol. The molecule has 0 bridgehead atoms. The largest absolute Gasteiger partial charge is 0.494 e. The number of benzene rings is 2. The molecule has 0 N–H and O–H groups in total. The van der Waals surface area contributed by atoms with Gasteiger partial charge in [0.1, 0.15) is 25.4 Å². The van der Waals surface area contributed by atoms with Gasteiger partial charge in [-0.25, -0.2) is 4.98 Å². The number of esters is 1. The number of nitrogens with zero attached hydrogens (tertiary/aromatic N) is 1. The van der Waals surface area contributed by atoms with Crippen LogP contribution < -0.4 is 14.2 Å². The lowest BCUT2D eigenvalue weighted by atomic mass is 9.90.